The first-order valence-corrected chi connectivity index (χ1v) is 7.01. The molecule has 100 valence electrons. The molecule has 3 rings (SSSR count). The predicted octanol–water partition coefficient (Wildman–Crippen LogP) is 4.23. The molecule has 0 saturated heterocycles. The van der Waals surface area contributed by atoms with E-state index in [1.807, 2.05) is 18.2 Å². The minimum Gasteiger partial charge on any atom is -0.321 e. The molecule has 0 spiro atoms. The van der Waals surface area contributed by atoms with Crippen molar-refractivity contribution in [3.63, 3.8) is 0 Å². The number of nitrogens with zero attached hydrogens (tertiary/aromatic N) is 1. The Balaban J connectivity index is 1.92. The second-order valence-electron chi connectivity index (χ2n) is 4.22. The van der Waals surface area contributed by atoms with Crippen molar-refractivity contribution >= 4 is 50.0 Å². The number of H-pyrrole nitrogens is 1. The Morgan fingerprint density at radius 3 is 2.95 bits per heavy atom. The molecule has 1 heterocycles. The number of carbonyl (C=O) groups is 1. The van der Waals surface area contributed by atoms with E-state index in [2.05, 4.69) is 31.4 Å². The van der Waals surface area contributed by atoms with Crippen molar-refractivity contribution in [3.8, 4) is 0 Å². The zero-order valence-corrected chi connectivity index (χ0v) is 12.5. The smallest absolute Gasteiger partial charge is 0.255 e. The van der Waals surface area contributed by atoms with Crippen LogP contribution < -0.4 is 5.32 Å². The number of carbonyl (C=O) groups excluding carboxylic acids is 1. The molecule has 0 fully saturated rings. The highest BCUT2D eigenvalue weighted by molar-refractivity contribution is 9.10. The number of rotatable bonds is 2. The highest BCUT2D eigenvalue weighted by Gasteiger charge is 2.10. The minimum atomic E-state index is -0.198. The zero-order chi connectivity index (χ0) is 14.1. The third-order valence-electron chi connectivity index (χ3n) is 2.91. The number of nitrogens with one attached hydrogen (secondary N) is 2. The molecule has 3 aromatic rings. The lowest BCUT2D eigenvalue weighted by atomic mass is 10.2. The van der Waals surface area contributed by atoms with E-state index in [4.69, 9.17) is 11.6 Å². The Labute approximate surface area is 128 Å². The summed E-state index contributed by atoms with van der Waals surface area (Å²) in [6.45, 7) is 0. The van der Waals surface area contributed by atoms with Gasteiger partial charge in [-0.15, -0.1) is 0 Å². The molecule has 0 radical (unpaired) electrons. The summed E-state index contributed by atoms with van der Waals surface area (Å²) >= 11 is 9.22. The van der Waals surface area contributed by atoms with Crippen molar-refractivity contribution in [1.82, 2.24) is 10.2 Å². The topological polar surface area (TPSA) is 57.8 Å². The lowest BCUT2D eigenvalue weighted by Crippen LogP contribution is -2.11. The molecule has 0 aliphatic heterocycles. The molecule has 4 nitrogen and oxygen atoms in total. The van der Waals surface area contributed by atoms with Crippen molar-refractivity contribution in [2.45, 2.75) is 0 Å². The number of aromatic amines is 1. The van der Waals surface area contributed by atoms with Crippen LogP contribution in [0.2, 0.25) is 5.02 Å². The van der Waals surface area contributed by atoms with Crippen LogP contribution in [0.4, 0.5) is 5.69 Å². The summed E-state index contributed by atoms with van der Waals surface area (Å²) in [6.07, 6.45) is 1.68. The van der Waals surface area contributed by atoms with E-state index in [0.29, 0.717) is 20.7 Å². The lowest BCUT2D eigenvalue weighted by molar-refractivity contribution is 0.102. The molecule has 6 heteroatoms. The Bertz CT molecular complexity index is 800. The Hall–Kier alpha value is -1.85. The van der Waals surface area contributed by atoms with Gasteiger partial charge in [0.15, 0.2) is 0 Å². The Morgan fingerprint density at radius 1 is 1.30 bits per heavy atom. The monoisotopic (exact) mass is 349 g/mol. The van der Waals surface area contributed by atoms with Gasteiger partial charge >= 0.3 is 0 Å². The molecule has 0 atom stereocenters. The average Bonchev–Trinajstić information content (AvgIpc) is 2.91. The summed E-state index contributed by atoms with van der Waals surface area (Å²) in [6, 6.07) is 10.6. The van der Waals surface area contributed by atoms with E-state index in [1.165, 1.54) is 0 Å². The molecule has 0 bridgehead atoms. The maximum Gasteiger partial charge on any atom is 0.255 e. The summed E-state index contributed by atoms with van der Waals surface area (Å²) in [7, 11) is 0. The van der Waals surface area contributed by atoms with Gasteiger partial charge in [-0.05, 0) is 46.3 Å². The number of benzene rings is 2. The van der Waals surface area contributed by atoms with Crippen molar-refractivity contribution in [3.05, 3.63) is 57.7 Å². The zero-order valence-electron chi connectivity index (χ0n) is 10.2. The molecule has 2 aromatic carbocycles. The Kier molecular flexibility index (Phi) is 3.46. The van der Waals surface area contributed by atoms with Gasteiger partial charge in [0.2, 0.25) is 0 Å². The van der Waals surface area contributed by atoms with Gasteiger partial charge in [0.25, 0.3) is 5.91 Å². The van der Waals surface area contributed by atoms with Crippen molar-refractivity contribution in [2.75, 3.05) is 5.32 Å². The first-order chi connectivity index (χ1) is 9.65. The highest BCUT2D eigenvalue weighted by Crippen LogP contribution is 2.25. The number of hydrogen-bond donors (Lipinski definition) is 2. The number of anilines is 1. The predicted molar refractivity (Wildman–Crippen MR) is 83.2 cm³/mol. The van der Waals surface area contributed by atoms with Crippen LogP contribution in [0.1, 0.15) is 10.4 Å². The van der Waals surface area contributed by atoms with E-state index in [1.54, 1.807) is 24.4 Å². The van der Waals surface area contributed by atoms with Crippen LogP contribution in [0.15, 0.2) is 47.1 Å². The van der Waals surface area contributed by atoms with Gasteiger partial charge in [-0.3, -0.25) is 9.89 Å². The molecule has 0 unspecified atom stereocenters. The van der Waals surface area contributed by atoms with E-state index in [-0.39, 0.29) is 5.91 Å². The number of fused-ring (bicyclic) bond motifs is 1. The van der Waals surface area contributed by atoms with Crippen LogP contribution in [-0.4, -0.2) is 16.1 Å². The fraction of sp³-hybridized carbons (Fsp3) is 0. The van der Waals surface area contributed by atoms with E-state index < -0.39 is 0 Å². The number of halogens is 2. The second kappa shape index (κ2) is 5.26. The molecular weight excluding hydrogens is 342 g/mol. The average molecular weight is 351 g/mol. The maximum atomic E-state index is 12.2. The maximum absolute atomic E-state index is 12.2. The molecule has 1 amide bonds. The fourth-order valence-electron chi connectivity index (χ4n) is 1.91. The molecular formula is C14H9BrClN3O. The van der Waals surface area contributed by atoms with Crippen LogP contribution in [0.3, 0.4) is 0 Å². The largest absolute Gasteiger partial charge is 0.321 e. The van der Waals surface area contributed by atoms with E-state index >= 15 is 0 Å². The second-order valence-corrected chi connectivity index (χ2v) is 5.48. The molecule has 0 saturated carbocycles. The first kappa shape index (κ1) is 13.1. The van der Waals surface area contributed by atoms with Gasteiger partial charge in [-0.2, -0.15) is 5.10 Å². The third-order valence-corrected chi connectivity index (χ3v) is 4.13. The van der Waals surface area contributed by atoms with Crippen LogP contribution in [-0.2, 0) is 0 Å². The van der Waals surface area contributed by atoms with Gasteiger partial charge in [-0.1, -0.05) is 17.7 Å². The van der Waals surface area contributed by atoms with Gasteiger partial charge in [0.1, 0.15) is 0 Å². The fourth-order valence-corrected chi connectivity index (χ4v) is 2.41. The summed E-state index contributed by atoms with van der Waals surface area (Å²) in [5.74, 6) is -0.198. The molecule has 1 aromatic heterocycles. The molecule has 0 aliphatic rings. The van der Waals surface area contributed by atoms with Crippen LogP contribution in [0.25, 0.3) is 10.9 Å². The lowest BCUT2D eigenvalue weighted by Gasteiger charge is -2.07. The number of aromatic nitrogens is 2. The van der Waals surface area contributed by atoms with Crippen LogP contribution >= 0.6 is 27.5 Å². The van der Waals surface area contributed by atoms with Crippen molar-refractivity contribution < 1.29 is 4.79 Å². The van der Waals surface area contributed by atoms with Crippen molar-refractivity contribution in [2.24, 2.45) is 0 Å². The van der Waals surface area contributed by atoms with Gasteiger partial charge in [0.05, 0.1) is 22.4 Å². The van der Waals surface area contributed by atoms with Gasteiger partial charge in [0, 0.05) is 15.4 Å². The highest BCUT2D eigenvalue weighted by atomic mass is 79.9. The molecule has 0 aliphatic carbocycles. The third kappa shape index (κ3) is 2.42. The first-order valence-electron chi connectivity index (χ1n) is 5.83. The normalized spacial score (nSPS) is 10.7. The van der Waals surface area contributed by atoms with Crippen molar-refractivity contribution in [1.29, 1.82) is 0 Å². The van der Waals surface area contributed by atoms with E-state index in [0.717, 1.165) is 10.9 Å². The summed E-state index contributed by atoms with van der Waals surface area (Å²) in [5.41, 5.74) is 2.12. The van der Waals surface area contributed by atoms with E-state index in [9.17, 15) is 4.79 Å². The number of amides is 1. The summed E-state index contributed by atoms with van der Waals surface area (Å²) < 4.78 is 0.688. The standard InChI is InChI=1S/C14H9BrClN3O/c15-10-6-8(4-5-11(10)16)14(20)18-12-2-1-3-13-9(12)7-17-19-13/h1-7H,(H,17,19)(H,18,20). The summed E-state index contributed by atoms with van der Waals surface area (Å²) in [4.78, 5) is 12.2. The van der Waals surface area contributed by atoms with Gasteiger partial charge < -0.3 is 5.32 Å². The van der Waals surface area contributed by atoms with Gasteiger partial charge in [-0.25, -0.2) is 0 Å². The van der Waals surface area contributed by atoms with Crippen LogP contribution in [0, 0.1) is 0 Å². The number of hydrogen-bond acceptors (Lipinski definition) is 2. The minimum absolute atomic E-state index is 0.198. The molecule has 2 N–H and O–H groups in total. The Morgan fingerprint density at radius 2 is 2.15 bits per heavy atom. The quantitative estimate of drug-likeness (QED) is 0.726. The SMILES string of the molecule is O=C(Nc1cccc2[nH]ncc12)c1ccc(Cl)c(Br)c1. The van der Waals surface area contributed by atoms with Crippen LogP contribution in [0.5, 0.6) is 0 Å². The summed E-state index contributed by atoms with van der Waals surface area (Å²) in [5, 5.41) is 11.1. The molecule has 20 heavy (non-hydrogen) atoms.